The number of carbonyl (C=O) groups is 2. The highest BCUT2D eigenvalue weighted by molar-refractivity contribution is 6.04. The Bertz CT molecular complexity index is 1520. The summed E-state index contributed by atoms with van der Waals surface area (Å²) in [6, 6.07) is 7.55. The number of aromatic nitrogens is 5. The third-order valence-corrected chi connectivity index (χ3v) is 6.28. The van der Waals surface area contributed by atoms with E-state index in [9.17, 15) is 27.9 Å². The van der Waals surface area contributed by atoms with Gasteiger partial charge in [-0.25, -0.2) is 24.4 Å². The van der Waals surface area contributed by atoms with Gasteiger partial charge in [-0.3, -0.25) is 4.79 Å². The SMILES string of the molecule is Nc1ncnc2c1c(-c1ccc(C(=O)Nc3cc(C(F)(F)F)ccn3)cc1)nn2C1CCCN(C(=O)O)C1. The molecule has 0 radical (unpaired) electrons. The Labute approximate surface area is 213 Å². The predicted octanol–water partition coefficient (Wildman–Crippen LogP) is 4.06. The molecule has 1 unspecified atom stereocenters. The van der Waals surface area contributed by atoms with Crippen molar-refractivity contribution >= 4 is 34.7 Å². The molecule has 14 heteroatoms. The fraction of sp³-hybridized carbons (Fsp3) is 0.250. The van der Waals surface area contributed by atoms with Crippen LogP contribution in [0.15, 0.2) is 48.9 Å². The largest absolute Gasteiger partial charge is 0.465 e. The standard InChI is InChI=1S/C24H21F3N8O3/c25-24(26,27)15-7-8-29-17(10-15)32-22(36)14-5-3-13(4-6-14)19-18-20(28)30-12-31-21(18)35(33-19)16-2-1-9-34(11-16)23(37)38/h3-8,10,12,16H,1-2,9,11H2,(H,37,38)(H2,28,30,31)(H,29,32,36). The summed E-state index contributed by atoms with van der Waals surface area (Å²) in [4.78, 5) is 37.7. The molecule has 196 valence electrons. The molecule has 4 N–H and O–H groups in total. The van der Waals surface area contributed by atoms with Gasteiger partial charge < -0.3 is 21.1 Å². The van der Waals surface area contributed by atoms with Gasteiger partial charge in [0.2, 0.25) is 0 Å². The first kappa shape index (κ1) is 24.9. The van der Waals surface area contributed by atoms with Gasteiger partial charge in [-0.1, -0.05) is 12.1 Å². The van der Waals surface area contributed by atoms with Crippen molar-refractivity contribution in [1.82, 2.24) is 29.6 Å². The molecule has 1 fully saturated rings. The van der Waals surface area contributed by atoms with Gasteiger partial charge in [-0.05, 0) is 37.1 Å². The van der Waals surface area contributed by atoms with Gasteiger partial charge >= 0.3 is 12.3 Å². The van der Waals surface area contributed by atoms with Crippen LogP contribution < -0.4 is 11.1 Å². The lowest BCUT2D eigenvalue weighted by atomic mass is 10.1. The second-order valence-electron chi connectivity index (χ2n) is 8.73. The normalized spacial score (nSPS) is 16.0. The van der Waals surface area contributed by atoms with Gasteiger partial charge in [-0.2, -0.15) is 18.3 Å². The molecule has 1 aliphatic rings. The lowest BCUT2D eigenvalue weighted by Gasteiger charge is -2.30. The Balaban J connectivity index is 1.43. The summed E-state index contributed by atoms with van der Waals surface area (Å²) >= 11 is 0. The molecule has 3 aromatic heterocycles. The van der Waals surface area contributed by atoms with E-state index in [1.165, 1.54) is 23.4 Å². The summed E-state index contributed by atoms with van der Waals surface area (Å²) in [6.07, 6.45) is -1.92. The number of hydrogen-bond donors (Lipinski definition) is 3. The van der Waals surface area contributed by atoms with E-state index in [1.54, 1.807) is 16.8 Å². The number of rotatable bonds is 4. The fourth-order valence-corrected chi connectivity index (χ4v) is 4.42. The second kappa shape index (κ2) is 9.61. The minimum absolute atomic E-state index is 0.185. The summed E-state index contributed by atoms with van der Waals surface area (Å²) in [5.41, 5.74) is 6.93. The molecular formula is C24H21F3N8O3. The average molecular weight is 526 g/mol. The Hall–Kier alpha value is -4.75. The van der Waals surface area contributed by atoms with Crippen LogP contribution in [0.1, 0.15) is 34.8 Å². The minimum Gasteiger partial charge on any atom is -0.465 e. The van der Waals surface area contributed by atoms with Gasteiger partial charge in [0, 0.05) is 30.4 Å². The third-order valence-electron chi connectivity index (χ3n) is 6.28. The number of hydrogen-bond acceptors (Lipinski definition) is 7. The zero-order chi connectivity index (χ0) is 27.0. The number of carboxylic acid groups (broad SMARTS) is 1. The molecule has 5 rings (SSSR count). The van der Waals surface area contributed by atoms with Gasteiger partial charge in [-0.15, -0.1) is 0 Å². The number of nitrogen functional groups attached to an aromatic ring is 1. The molecule has 1 aromatic carbocycles. The number of benzene rings is 1. The number of pyridine rings is 1. The number of nitrogens with one attached hydrogen (secondary N) is 1. The van der Waals surface area contributed by atoms with Crippen molar-refractivity contribution in [2.24, 2.45) is 0 Å². The molecule has 0 aliphatic carbocycles. The van der Waals surface area contributed by atoms with Crippen LogP contribution in [-0.2, 0) is 6.18 Å². The summed E-state index contributed by atoms with van der Waals surface area (Å²) in [5.74, 6) is -0.677. The molecule has 4 heterocycles. The summed E-state index contributed by atoms with van der Waals surface area (Å²) in [5, 5.41) is 17.0. The van der Waals surface area contributed by atoms with E-state index in [0.717, 1.165) is 18.3 Å². The van der Waals surface area contributed by atoms with Crippen molar-refractivity contribution in [2.75, 3.05) is 24.1 Å². The Morgan fingerprint density at radius 2 is 1.87 bits per heavy atom. The average Bonchev–Trinajstić information content (AvgIpc) is 3.29. The molecule has 1 saturated heterocycles. The molecule has 0 bridgehead atoms. The number of anilines is 2. The molecular weight excluding hydrogens is 505 g/mol. The van der Waals surface area contributed by atoms with Crippen molar-refractivity contribution in [3.8, 4) is 11.3 Å². The van der Waals surface area contributed by atoms with Crippen LogP contribution in [0.5, 0.6) is 0 Å². The Morgan fingerprint density at radius 3 is 2.58 bits per heavy atom. The van der Waals surface area contributed by atoms with Crippen LogP contribution in [0.4, 0.5) is 29.6 Å². The van der Waals surface area contributed by atoms with Crippen molar-refractivity contribution < 1.29 is 27.9 Å². The predicted molar refractivity (Wildman–Crippen MR) is 130 cm³/mol. The molecule has 1 aliphatic heterocycles. The maximum Gasteiger partial charge on any atom is 0.416 e. The molecule has 2 amide bonds. The number of fused-ring (bicyclic) bond motifs is 1. The van der Waals surface area contributed by atoms with E-state index in [4.69, 9.17) is 10.8 Å². The lowest BCUT2D eigenvalue weighted by molar-refractivity contribution is -0.137. The quantitative estimate of drug-likeness (QED) is 0.360. The third kappa shape index (κ3) is 4.79. The first-order chi connectivity index (χ1) is 18.1. The van der Waals surface area contributed by atoms with Crippen molar-refractivity contribution in [3.63, 3.8) is 0 Å². The van der Waals surface area contributed by atoms with E-state index >= 15 is 0 Å². The number of carbonyl (C=O) groups excluding carboxylic acids is 1. The molecule has 1 atom stereocenters. The summed E-state index contributed by atoms with van der Waals surface area (Å²) in [7, 11) is 0. The Morgan fingerprint density at radius 1 is 1.11 bits per heavy atom. The number of amides is 2. The number of nitrogens with two attached hydrogens (primary N) is 1. The molecule has 38 heavy (non-hydrogen) atoms. The molecule has 0 spiro atoms. The maximum atomic E-state index is 13.0. The highest BCUT2D eigenvalue weighted by Gasteiger charge is 2.31. The number of alkyl halides is 3. The number of likely N-dealkylation sites (tertiary alicyclic amines) is 1. The number of piperidine rings is 1. The first-order valence-electron chi connectivity index (χ1n) is 11.5. The monoisotopic (exact) mass is 526 g/mol. The van der Waals surface area contributed by atoms with Crippen LogP contribution in [0.25, 0.3) is 22.3 Å². The topological polar surface area (TPSA) is 152 Å². The highest BCUT2D eigenvalue weighted by Crippen LogP contribution is 2.34. The second-order valence-corrected chi connectivity index (χ2v) is 8.73. The van der Waals surface area contributed by atoms with Crippen LogP contribution >= 0.6 is 0 Å². The van der Waals surface area contributed by atoms with E-state index in [2.05, 4.69) is 20.3 Å². The maximum absolute atomic E-state index is 13.0. The number of nitrogens with zero attached hydrogens (tertiary/aromatic N) is 6. The number of halogens is 3. The smallest absolute Gasteiger partial charge is 0.416 e. The van der Waals surface area contributed by atoms with E-state index in [1.807, 2.05) is 0 Å². The minimum atomic E-state index is -4.56. The van der Waals surface area contributed by atoms with E-state index in [-0.39, 0.29) is 29.8 Å². The van der Waals surface area contributed by atoms with Gasteiger partial charge in [0.05, 0.1) is 17.0 Å². The molecule has 11 nitrogen and oxygen atoms in total. The summed E-state index contributed by atoms with van der Waals surface area (Å²) in [6.45, 7) is 0.687. The van der Waals surface area contributed by atoms with E-state index < -0.39 is 23.7 Å². The molecule has 4 aromatic rings. The van der Waals surface area contributed by atoms with Crippen LogP contribution in [0.2, 0.25) is 0 Å². The van der Waals surface area contributed by atoms with Gasteiger partial charge in [0.15, 0.2) is 5.65 Å². The van der Waals surface area contributed by atoms with Crippen molar-refractivity contribution in [2.45, 2.75) is 25.1 Å². The van der Waals surface area contributed by atoms with Crippen LogP contribution in [0, 0.1) is 0 Å². The summed E-state index contributed by atoms with van der Waals surface area (Å²) < 4.78 is 40.5. The first-order valence-corrected chi connectivity index (χ1v) is 11.5. The van der Waals surface area contributed by atoms with Crippen LogP contribution in [0.3, 0.4) is 0 Å². The van der Waals surface area contributed by atoms with Crippen LogP contribution in [-0.4, -0.2) is 59.8 Å². The zero-order valence-electron chi connectivity index (χ0n) is 19.7. The zero-order valence-corrected chi connectivity index (χ0v) is 19.7. The van der Waals surface area contributed by atoms with Crippen molar-refractivity contribution in [3.05, 3.63) is 60.0 Å². The fourth-order valence-electron chi connectivity index (χ4n) is 4.42. The molecule has 0 saturated carbocycles. The van der Waals surface area contributed by atoms with Gasteiger partial charge in [0.25, 0.3) is 5.91 Å². The van der Waals surface area contributed by atoms with Crippen molar-refractivity contribution in [1.29, 1.82) is 0 Å². The Kier molecular flexibility index (Phi) is 6.30. The van der Waals surface area contributed by atoms with E-state index in [0.29, 0.717) is 41.7 Å². The highest BCUT2D eigenvalue weighted by atomic mass is 19.4. The van der Waals surface area contributed by atoms with Gasteiger partial charge in [0.1, 0.15) is 23.7 Å². The lowest BCUT2D eigenvalue weighted by Crippen LogP contribution is -2.40.